The minimum atomic E-state index is -0.494. The van der Waals surface area contributed by atoms with Crippen LogP contribution in [0.1, 0.15) is 40.4 Å². The van der Waals surface area contributed by atoms with Crippen LogP contribution in [-0.4, -0.2) is 44.0 Å². The molecule has 0 bridgehead atoms. The molecule has 8 heteroatoms. The van der Waals surface area contributed by atoms with E-state index >= 15 is 0 Å². The van der Waals surface area contributed by atoms with Crippen LogP contribution in [-0.2, 0) is 17.8 Å². The number of nitrogens with zero attached hydrogens (tertiary/aromatic N) is 5. The molecular formula is C21H22N6O2. The topological polar surface area (TPSA) is 107 Å². The Kier molecular flexibility index (Phi) is 5.07. The highest BCUT2D eigenvalue weighted by Crippen LogP contribution is 2.33. The van der Waals surface area contributed by atoms with Crippen molar-refractivity contribution in [2.24, 2.45) is 5.73 Å². The second-order valence-electron chi connectivity index (χ2n) is 7.20. The Morgan fingerprint density at radius 3 is 2.69 bits per heavy atom. The predicted octanol–water partition coefficient (Wildman–Crippen LogP) is 1.97. The molecule has 1 aliphatic rings. The SMILES string of the molecule is CN(C(=O)Cn1nnc(-c2ccc(C(N)=O)cc2)n1)[C@@H]1CCCc2ccccc21. The van der Waals surface area contributed by atoms with Crippen molar-refractivity contribution in [3.63, 3.8) is 0 Å². The first-order valence-electron chi connectivity index (χ1n) is 9.54. The third kappa shape index (κ3) is 3.87. The van der Waals surface area contributed by atoms with Gasteiger partial charge >= 0.3 is 0 Å². The van der Waals surface area contributed by atoms with Crippen molar-refractivity contribution in [2.45, 2.75) is 31.8 Å². The molecule has 3 aromatic rings. The number of amides is 2. The fourth-order valence-corrected chi connectivity index (χ4v) is 3.75. The van der Waals surface area contributed by atoms with Crippen molar-refractivity contribution in [3.05, 3.63) is 65.2 Å². The number of carbonyl (C=O) groups excluding carboxylic acids is 2. The summed E-state index contributed by atoms with van der Waals surface area (Å²) in [5.41, 5.74) is 8.89. The minimum Gasteiger partial charge on any atom is -0.366 e. The maximum absolute atomic E-state index is 12.8. The second kappa shape index (κ2) is 7.83. The van der Waals surface area contributed by atoms with Crippen LogP contribution in [0.25, 0.3) is 11.4 Å². The van der Waals surface area contributed by atoms with E-state index in [-0.39, 0.29) is 18.5 Å². The number of primary amides is 1. The van der Waals surface area contributed by atoms with E-state index in [2.05, 4.69) is 27.5 Å². The highest BCUT2D eigenvalue weighted by atomic mass is 16.2. The molecule has 0 saturated heterocycles. The normalized spacial score (nSPS) is 15.6. The number of aromatic nitrogens is 4. The van der Waals surface area contributed by atoms with E-state index < -0.39 is 5.91 Å². The minimum absolute atomic E-state index is 0.0154. The summed E-state index contributed by atoms with van der Waals surface area (Å²) in [6.07, 6.45) is 3.06. The summed E-state index contributed by atoms with van der Waals surface area (Å²) in [6, 6.07) is 15.0. The van der Waals surface area contributed by atoms with Crippen LogP contribution in [0, 0.1) is 0 Å². The Bertz CT molecular complexity index is 1040. The van der Waals surface area contributed by atoms with Gasteiger partial charge in [-0.25, -0.2) is 0 Å². The van der Waals surface area contributed by atoms with Crippen molar-refractivity contribution in [1.82, 2.24) is 25.1 Å². The zero-order valence-corrected chi connectivity index (χ0v) is 16.2. The first kappa shape index (κ1) is 18.8. The maximum Gasteiger partial charge on any atom is 0.248 e. The van der Waals surface area contributed by atoms with E-state index in [1.165, 1.54) is 15.9 Å². The number of hydrogen-bond acceptors (Lipinski definition) is 5. The first-order valence-corrected chi connectivity index (χ1v) is 9.54. The molecule has 2 N–H and O–H groups in total. The number of hydrogen-bond donors (Lipinski definition) is 1. The lowest BCUT2D eigenvalue weighted by molar-refractivity contribution is -0.133. The second-order valence-corrected chi connectivity index (χ2v) is 7.20. The summed E-state index contributed by atoms with van der Waals surface area (Å²) in [5, 5.41) is 12.3. The molecule has 1 aromatic heterocycles. The largest absolute Gasteiger partial charge is 0.366 e. The number of tetrazole rings is 1. The Morgan fingerprint density at radius 2 is 1.93 bits per heavy atom. The van der Waals surface area contributed by atoms with Gasteiger partial charge in [-0.15, -0.1) is 10.2 Å². The van der Waals surface area contributed by atoms with Gasteiger partial charge in [-0.2, -0.15) is 4.80 Å². The molecule has 0 radical (unpaired) electrons. The van der Waals surface area contributed by atoms with Gasteiger partial charge in [-0.3, -0.25) is 9.59 Å². The van der Waals surface area contributed by atoms with Gasteiger partial charge in [0.05, 0.1) is 6.04 Å². The van der Waals surface area contributed by atoms with Crippen LogP contribution >= 0.6 is 0 Å². The molecule has 0 fully saturated rings. The van der Waals surface area contributed by atoms with Gasteiger partial charge in [0, 0.05) is 18.2 Å². The smallest absolute Gasteiger partial charge is 0.248 e. The van der Waals surface area contributed by atoms with E-state index in [1.54, 1.807) is 29.2 Å². The molecule has 2 aromatic carbocycles. The van der Waals surface area contributed by atoms with Gasteiger partial charge in [0.2, 0.25) is 17.6 Å². The summed E-state index contributed by atoms with van der Waals surface area (Å²) in [5.74, 6) is -0.176. The molecular weight excluding hydrogens is 368 g/mol. The van der Waals surface area contributed by atoms with E-state index in [1.807, 2.05) is 19.2 Å². The predicted molar refractivity (Wildman–Crippen MR) is 107 cm³/mol. The average molecular weight is 390 g/mol. The number of carbonyl (C=O) groups is 2. The molecule has 4 rings (SSSR count). The van der Waals surface area contributed by atoms with E-state index in [0.29, 0.717) is 17.0 Å². The fraction of sp³-hybridized carbons (Fsp3) is 0.286. The number of likely N-dealkylation sites (N-methyl/N-ethyl adjacent to an activating group) is 1. The summed E-state index contributed by atoms with van der Waals surface area (Å²) < 4.78 is 0. The third-order valence-electron chi connectivity index (χ3n) is 5.36. The molecule has 8 nitrogen and oxygen atoms in total. The van der Waals surface area contributed by atoms with Crippen LogP contribution in [0.5, 0.6) is 0 Å². The van der Waals surface area contributed by atoms with E-state index in [0.717, 1.165) is 19.3 Å². The van der Waals surface area contributed by atoms with Crippen LogP contribution in [0.2, 0.25) is 0 Å². The summed E-state index contributed by atoms with van der Waals surface area (Å²) in [4.78, 5) is 27.1. The van der Waals surface area contributed by atoms with Crippen molar-refractivity contribution in [2.75, 3.05) is 7.05 Å². The Labute approximate surface area is 168 Å². The van der Waals surface area contributed by atoms with Gasteiger partial charge in [0.25, 0.3) is 0 Å². The molecule has 0 aliphatic heterocycles. The number of benzene rings is 2. The molecule has 1 atom stereocenters. The van der Waals surface area contributed by atoms with Crippen LogP contribution < -0.4 is 5.73 Å². The lowest BCUT2D eigenvalue weighted by atomic mass is 9.87. The number of fused-ring (bicyclic) bond motifs is 1. The molecule has 148 valence electrons. The van der Waals surface area contributed by atoms with E-state index in [4.69, 9.17) is 5.73 Å². The molecule has 1 aliphatic carbocycles. The highest BCUT2D eigenvalue weighted by molar-refractivity contribution is 5.93. The number of aryl methyl sites for hydroxylation is 1. The third-order valence-corrected chi connectivity index (χ3v) is 5.36. The average Bonchev–Trinajstić information content (AvgIpc) is 3.21. The van der Waals surface area contributed by atoms with Gasteiger partial charge in [0.15, 0.2) is 0 Å². The van der Waals surface area contributed by atoms with Crippen molar-refractivity contribution in [3.8, 4) is 11.4 Å². The molecule has 2 amide bonds. The number of rotatable bonds is 5. The van der Waals surface area contributed by atoms with Gasteiger partial charge in [0.1, 0.15) is 6.54 Å². The van der Waals surface area contributed by atoms with Crippen molar-refractivity contribution >= 4 is 11.8 Å². The maximum atomic E-state index is 12.8. The molecule has 29 heavy (non-hydrogen) atoms. The standard InChI is InChI=1S/C21H22N6O2/c1-26(18-8-4-6-14-5-2-3-7-17(14)18)19(28)13-27-24-21(23-25-27)16-11-9-15(10-12-16)20(22)29/h2-3,5,7,9-12,18H,4,6,8,13H2,1H3,(H2,22,29)/t18-/m1/s1. The Hall–Kier alpha value is -3.55. The zero-order valence-electron chi connectivity index (χ0n) is 16.2. The quantitative estimate of drug-likeness (QED) is 0.717. The highest BCUT2D eigenvalue weighted by Gasteiger charge is 2.27. The first-order chi connectivity index (χ1) is 14.0. The summed E-state index contributed by atoms with van der Waals surface area (Å²) >= 11 is 0. The van der Waals surface area contributed by atoms with Crippen LogP contribution in [0.3, 0.4) is 0 Å². The number of nitrogens with two attached hydrogens (primary N) is 1. The summed E-state index contributed by atoms with van der Waals surface area (Å²) in [6.45, 7) is 0.0154. The van der Waals surface area contributed by atoms with Crippen molar-refractivity contribution in [1.29, 1.82) is 0 Å². The van der Waals surface area contributed by atoms with Gasteiger partial charge < -0.3 is 10.6 Å². The lowest BCUT2D eigenvalue weighted by Crippen LogP contribution is -2.36. The van der Waals surface area contributed by atoms with Gasteiger partial charge in [-0.05, 0) is 47.7 Å². The fourth-order valence-electron chi connectivity index (χ4n) is 3.75. The molecule has 1 heterocycles. The van der Waals surface area contributed by atoms with Crippen molar-refractivity contribution < 1.29 is 9.59 Å². The van der Waals surface area contributed by atoms with Crippen LogP contribution in [0.15, 0.2) is 48.5 Å². The molecule has 0 saturated carbocycles. The van der Waals surface area contributed by atoms with Crippen LogP contribution in [0.4, 0.5) is 0 Å². The molecule has 0 unspecified atom stereocenters. The van der Waals surface area contributed by atoms with E-state index in [9.17, 15) is 9.59 Å². The Balaban J connectivity index is 1.46. The zero-order chi connectivity index (χ0) is 20.4. The molecule has 0 spiro atoms. The van der Waals surface area contributed by atoms with Gasteiger partial charge in [-0.1, -0.05) is 36.4 Å². The lowest BCUT2D eigenvalue weighted by Gasteiger charge is -2.33. The monoisotopic (exact) mass is 390 g/mol. The summed E-state index contributed by atoms with van der Waals surface area (Å²) in [7, 11) is 1.83. The Morgan fingerprint density at radius 1 is 1.17 bits per heavy atom.